The first-order valence-corrected chi connectivity index (χ1v) is 8.31. The highest BCUT2D eigenvalue weighted by atomic mass is 16.5. The van der Waals surface area contributed by atoms with Crippen molar-refractivity contribution in [3.05, 3.63) is 18.0 Å². The topological polar surface area (TPSA) is 68.6 Å². The highest BCUT2D eigenvalue weighted by molar-refractivity contribution is 5.80. The summed E-state index contributed by atoms with van der Waals surface area (Å²) in [6.07, 6.45) is 6.61. The van der Waals surface area contributed by atoms with Crippen molar-refractivity contribution in [2.45, 2.75) is 44.1 Å². The number of aromatic nitrogens is 2. The Bertz CT molecular complexity index is 533. The summed E-state index contributed by atoms with van der Waals surface area (Å²) in [5, 5.41) is 7.10. The normalized spacial score (nSPS) is 27.8. The molecule has 1 N–H and O–H groups in total. The average molecular weight is 322 g/mol. The first-order chi connectivity index (χ1) is 11.2. The number of ether oxygens (including phenoxy) is 2. The SMILES string of the molecule is COCCNC(=O)[C@H]1CC[C@@H]2[C@@H](CCN2Cc2cnn(C)c2)O1. The molecule has 128 valence electrons. The fourth-order valence-electron chi connectivity index (χ4n) is 3.58. The van der Waals surface area contributed by atoms with Crippen molar-refractivity contribution >= 4 is 5.91 Å². The minimum Gasteiger partial charge on any atom is -0.383 e. The number of aryl methyl sites for hydroxylation is 1. The van der Waals surface area contributed by atoms with Gasteiger partial charge in [0.15, 0.2) is 0 Å². The summed E-state index contributed by atoms with van der Waals surface area (Å²) in [6, 6.07) is 0.415. The van der Waals surface area contributed by atoms with Crippen LogP contribution in [0.25, 0.3) is 0 Å². The van der Waals surface area contributed by atoms with E-state index in [0.717, 1.165) is 32.4 Å². The fraction of sp³-hybridized carbons (Fsp3) is 0.750. The second-order valence-electron chi connectivity index (χ2n) is 6.37. The van der Waals surface area contributed by atoms with Crippen molar-refractivity contribution in [2.24, 2.45) is 7.05 Å². The van der Waals surface area contributed by atoms with Gasteiger partial charge in [0.25, 0.3) is 0 Å². The third kappa shape index (κ3) is 3.91. The highest BCUT2D eigenvalue weighted by Crippen LogP contribution is 2.32. The molecule has 3 rings (SSSR count). The Kier molecular flexibility index (Phi) is 5.30. The van der Waals surface area contributed by atoms with Gasteiger partial charge in [0.1, 0.15) is 6.10 Å². The zero-order valence-corrected chi connectivity index (χ0v) is 13.9. The molecule has 1 aromatic rings. The molecule has 0 bridgehead atoms. The first-order valence-electron chi connectivity index (χ1n) is 8.31. The molecular weight excluding hydrogens is 296 g/mol. The maximum atomic E-state index is 12.1. The molecule has 0 radical (unpaired) electrons. The van der Waals surface area contributed by atoms with Crippen LogP contribution in [0, 0.1) is 0 Å². The van der Waals surface area contributed by atoms with Gasteiger partial charge in [0, 0.05) is 51.6 Å². The number of methoxy groups -OCH3 is 1. The standard InChI is InChI=1S/C16H26N4O3/c1-19-10-12(9-18-19)11-20-7-5-14-13(20)3-4-15(23-14)16(21)17-6-8-22-2/h9-10,13-15H,3-8,11H2,1-2H3,(H,17,21)/t13-,14-,15-/m1/s1. The van der Waals surface area contributed by atoms with Crippen LogP contribution in [0.5, 0.6) is 0 Å². The van der Waals surface area contributed by atoms with E-state index in [9.17, 15) is 4.79 Å². The third-order valence-electron chi connectivity index (χ3n) is 4.70. The van der Waals surface area contributed by atoms with E-state index in [4.69, 9.17) is 9.47 Å². The fourth-order valence-corrected chi connectivity index (χ4v) is 3.58. The molecule has 0 spiro atoms. The molecule has 2 aliphatic rings. The Labute approximate surface area is 136 Å². The molecule has 23 heavy (non-hydrogen) atoms. The molecule has 2 saturated heterocycles. The average Bonchev–Trinajstić information content (AvgIpc) is 3.14. The van der Waals surface area contributed by atoms with Crippen LogP contribution in [-0.2, 0) is 27.9 Å². The van der Waals surface area contributed by atoms with Gasteiger partial charge in [-0.05, 0) is 19.3 Å². The molecular formula is C16H26N4O3. The largest absolute Gasteiger partial charge is 0.383 e. The van der Waals surface area contributed by atoms with Gasteiger partial charge in [-0.3, -0.25) is 14.4 Å². The maximum Gasteiger partial charge on any atom is 0.249 e. The van der Waals surface area contributed by atoms with E-state index in [1.807, 2.05) is 17.9 Å². The van der Waals surface area contributed by atoms with Gasteiger partial charge >= 0.3 is 0 Å². The number of carbonyl (C=O) groups is 1. The van der Waals surface area contributed by atoms with Crippen LogP contribution in [0.4, 0.5) is 0 Å². The van der Waals surface area contributed by atoms with E-state index in [0.29, 0.717) is 19.2 Å². The minimum atomic E-state index is -0.313. The zero-order valence-electron chi connectivity index (χ0n) is 13.9. The number of rotatable bonds is 6. The third-order valence-corrected chi connectivity index (χ3v) is 4.70. The molecule has 0 saturated carbocycles. The smallest absolute Gasteiger partial charge is 0.249 e. The van der Waals surface area contributed by atoms with E-state index >= 15 is 0 Å². The van der Waals surface area contributed by atoms with Crippen molar-refractivity contribution < 1.29 is 14.3 Å². The zero-order chi connectivity index (χ0) is 16.2. The first kappa shape index (κ1) is 16.4. The summed E-state index contributed by atoms with van der Waals surface area (Å²) in [6.45, 7) is 2.99. The lowest BCUT2D eigenvalue weighted by atomic mass is 9.98. The molecule has 0 aliphatic carbocycles. The number of nitrogens with one attached hydrogen (secondary N) is 1. The Balaban J connectivity index is 1.50. The number of nitrogens with zero attached hydrogens (tertiary/aromatic N) is 3. The van der Waals surface area contributed by atoms with Gasteiger partial charge in [-0.2, -0.15) is 5.10 Å². The van der Waals surface area contributed by atoms with Gasteiger partial charge in [-0.1, -0.05) is 0 Å². The molecule has 7 heteroatoms. The Morgan fingerprint density at radius 3 is 3.09 bits per heavy atom. The summed E-state index contributed by atoms with van der Waals surface area (Å²) in [4.78, 5) is 14.6. The molecule has 2 aliphatic heterocycles. The van der Waals surface area contributed by atoms with E-state index in [2.05, 4.69) is 21.5 Å². The predicted molar refractivity (Wildman–Crippen MR) is 84.8 cm³/mol. The summed E-state index contributed by atoms with van der Waals surface area (Å²) in [5.74, 6) is -0.00814. The lowest BCUT2D eigenvalue weighted by molar-refractivity contribution is -0.144. The Hall–Kier alpha value is -1.44. The summed E-state index contributed by atoms with van der Waals surface area (Å²) >= 11 is 0. The van der Waals surface area contributed by atoms with E-state index < -0.39 is 0 Å². The second-order valence-corrected chi connectivity index (χ2v) is 6.37. The summed E-state index contributed by atoms with van der Waals surface area (Å²) in [5.41, 5.74) is 1.23. The number of hydrogen-bond acceptors (Lipinski definition) is 5. The predicted octanol–water partition coefficient (Wildman–Crippen LogP) is 0.305. The molecule has 1 amide bonds. The Morgan fingerprint density at radius 1 is 1.48 bits per heavy atom. The van der Waals surface area contributed by atoms with Crippen molar-refractivity contribution in [3.8, 4) is 0 Å². The van der Waals surface area contributed by atoms with Crippen LogP contribution in [0.2, 0.25) is 0 Å². The molecule has 7 nitrogen and oxygen atoms in total. The summed E-state index contributed by atoms with van der Waals surface area (Å²) < 4.78 is 12.8. The molecule has 0 aromatic carbocycles. The Morgan fingerprint density at radius 2 is 2.35 bits per heavy atom. The van der Waals surface area contributed by atoms with Gasteiger partial charge < -0.3 is 14.8 Å². The second kappa shape index (κ2) is 7.42. The molecule has 1 aromatic heterocycles. The van der Waals surface area contributed by atoms with Crippen molar-refractivity contribution in [1.82, 2.24) is 20.0 Å². The van der Waals surface area contributed by atoms with Crippen molar-refractivity contribution in [1.29, 1.82) is 0 Å². The van der Waals surface area contributed by atoms with E-state index in [-0.39, 0.29) is 18.1 Å². The number of carbonyl (C=O) groups excluding carboxylic acids is 1. The maximum absolute atomic E-state index is 12.1. The number of amides is 1. The van der Waals surface area contributed by atoms with Crippen molar-refractivity contribution in [2.75, 3.05) is 26.8 Å². The van der Waals surface area contributed by atoms with Crippen LogP contribution < -0.4 is 5.32 Å². The quantitative estimate of drug-likeness (QED) is 0.763. The summed E-state index contributed by atoms with van der Waals surface area (Å²) in [7, 11) is 3.57. The van der Waals surface area contributed by atoms with Crippen LogP contribution >= 0.6 is 0 Å². The lowest BCUT2D eigenvalue weighted by Gasteiger charge is -2.35. The molecule has 0 unspecified atom stereocenters. The molecule has 2 fully saturated rings. The van der Waals surface area contributed by atoms with Crippen LogP contribution in [0.1, 0.15) is 24.8 Å². The number of hydrogen-bond donors (Lipinski definition) is 1. The lowest BCUT2D eigenvalue weighted by Crippen LogP contribution is -2.48. The minimum absolute atomic E-state index is 0.00814. The van der Waals surface area contributed by atoms with Gasteiger partial charge in [-0.25, -0.2) is 0 Å². The van der Waals surface area contributed by atoms with Crippen LogP contribution in [0.3, 0.4) is 0 Å². The van der Waals surface area contributed by atoms with E-state index in [1.165, 1.54) is 5.56 Å². The van der Waals surface area contributed by atoms with E-state index in [1.54, 1.807) is 7.11 Å². The van der Waals surface area contributed by atoms with Crippen LogP contribution in [-0.4, -0.2) is 65.6 Å². The van der Waals surface area contributed by atoms with Gasteiger partial charge in [0.05, 0.1) is 18.9 Å². The van der Waals surface area contributed by atoms with Crippen molar-refractivity contribution in [3.63, 3.8) is 0 Å². The number of likely N-dealkylation sites (tertiary alicyclic amines) is 1. The monoisotopic (exact) mass is 322 g/mol. The molecule has 3 heterocycles. The van der Waals surface area contributed by atoms with Gasteiger partial charge in [-0.15, -0.1) is 0 Å². The van der Waals surface area contributed by atoms with Gasteiger partial charge in [0.2, 0.25) is 5.91 Å². The highest BCUT2D eigenvalue weighted by Gasteiger charge is 2.41. The van der Waals surface area contributed by atoms with Crippen LogP contribution in [0.15, 0.2) is 12.4 Å². The number of fused-ring (bicyclic) bond motifs is 1. The molecule has 3 atom stereocenters.